The number of unbranched alkanes of at least 4 members (excludes halogenated alkanes) is 1. The molecule has 0 spiro atoms. The maximum absolute atomic E-state index is 6.16. The molecule has 1 aromatic heterocycles. The average Bonchev–Trinajstić information content (AvgIpc) is 3.37. The van der Waals surface area contributed by atoms with Crippen molar-refractivity contribution in [2.75, 3.05) is 19.7 Å². The van der Waals surface area contributed by atoms with Crippen molar-refractivity contribution >= 4 is 22.6 Å². The third kappa shape index (κ3) is 4.18. The molecule has 3 aromatic rings. The summed E-state index contributed by atoms with van der Waals surface area (Å²) in [6, 6.07) is 16.5. The van der Waals surface area contributed by atoms with E-state index in [4.69, 9.17) is 21.3 Å². The van der Waals surface area contributed by atoms with Crippen LogP contribution in [0.25, 0.3) is 11.0 Å². The van der Waals surface area contributed by atoms with Crippen LogP contribution in [0.15, 0.2) is 48.5 Å². The standard InChI is InChI=1S/C23H28ClN3O/c1-18(26-14-6-7-15-26)23-25-20-11-3-4-12-21(20)27(23)16-8-9-17-28-22-13-5-2-10-19(22)24/h2-5,10-13,18H,6-9,14-17H2,1H3. The predicted molar refractivity (Wildman–Crippen MR) is 115 cm³/mol. The van der Waals surface area contributed by atoms with E-state index in [0.717, 1.165) is 30.7 Å². The van der Waals surface area contributed by atoms with Crippen molar-refractivity contribution in [1.29, 1.82) is 0 Å². The van der Waals surface area contributed by atoms with E-state index >= 15 is 0 Å². The van der Waals surface area contributed by atoms with Gasteiger partial charge in [0.15, 0.2) is 0 Å². The van der Waals surface area contributed by atoms with Gasteiger partial charge in [0.2, 0.25) is 0 Å². The van der Waals surface area contributed by atoms with Gasteiger partial charge in [0.05, 0.1) is 28.7 Å². The minimum atomic E-state index is 0.356. The summed E-state index contributed by atoms with van der Waals surface area (Å²) in [5, 5.41) is 0.671. The first-order valence-corrected chi connectivity index (χ1v) is 10.7. The lowest BCUT2D eigenvalue weighted by atomic mass is 10.2. The highest BCUT2D eigenvalue weighted by Gasteiger charge is 2.24. The van der Waals surface area contributed by atoms with Crippen LogP contribution in [0.4, 0.5) is 0 Å². The number of para-hydroxylation sites is 3. The van der Waals surface area contributed by atoms with Crippen molar-refractivity contribution in [3.63, 3.8) is 0 Å². The molecule has 1 fully saturated rings. The van der Waals surface area contributed by atoms with E-state index in [1.165, 1.54) is 37.3 Å². The second-order valence-electron chi connectivity index (χ2n) is 7.52. The number of imidazole rings is 1. The highest BCUT2D eigenvalue weighted by atomic mass is 35.5. The minimum absolute atomic E-state index is 0.356. The van der Waals surface area contributed by atoms with Crippen LogP contribution in [0.3, 0.4) is 0 Å². The molecule has 28 heavy (non-hydrogen) atoms. The Morgan fingerprint density at radius 2 is 1.79 bits per heavy atom. The number of likely N-dealkylation sites (tertiary alicyclic amines) is 1. The number of benzene rings is 2. The Bertz CT molecular complexity index is 917. The Morgan fingerprint density at radius 1 is 1.04 bits per heavy atom. The number of hydrogen-bond donors (Lipinski definition) is 0. The van der Waals surface area contributed by atoms with Gasteiger partial charge in [0, 0.05) is 6.54 Å². The zero-order chi connectivity index (χ0) is 19.3. The van der Waals surface area contributed by atoms with E-state index in [9.17, 15) is 0 Å². The SMILES string of the molecule is CC(c1nc2ccccc2n1CCCCOc1ccccc1Cl)N1CCCC1. The van der Waals surface area contributed by atoms with Crippen LogP contribution in [0.5, 0.6) is 5.75 Å². The summed E-state index contributed by atoms with van der Waals surface area (Å²) in [4.78, 5) is 7.54. The van der Waals surface area contributed by atoms with Crippen molar-refractivity contribution in [3.05, 3.63) is 59.4 Å². The Labute approximate surface area is 172 Å². The summed E-state index contributed by atoms with van der Waals surface area (Å²) < 4.78 is 8.25. The molecule has 148 valence electrons. The third-order valence-corrected chi connectivity index (χ3v) is 5.93. The topological polar surface area (TPSA) is 30.3 Å². The number of ether oxygens (including phenoxy) is 1. The molecular weight excluding hydrogens is 370 g/mol. The molecule has 2 aromatic carbocycles. The Morgan fingerprint density at radius 3 is 2.61 bits per heavy atom. The summed E-state index contributed by atoms with van der Waals surface area (Å²) in [5.74, 6) is 1.95. The third-order valence-electron chi connectivity index (χ3n) is 5.62. The van der Waals surface area contributed by atoms with E-state index in [1.807, 2.05) is 24.3 Å². The molecule has 5 heteroatoms. The van der Waals surface area contributed by atoms with Crippen LogP contribution in [0.2, 0.25) is 5.02 Å². The Hall–Kier alpha value is -2.04. The lowest BCUT2D eigenvalue weighted by Crippen LogP contribution is -2.26. The molecule has 2 heterocycles. The van der Waals surface area contributed by atoms with Crippen molar-refractivity contribution in [2.24, 2.45) is 0 Å². The number of aromatic nitrogens is 2. The zero-order valence-electron chi connectivity index (χ0n) is 16.5. The van der Waals surface area contributed by atoms with Gasteiger partial charge in [-0.2, -0.15) is 0 Å². The van der Waals surface area contributed by atoms with Crippen molar-refractivity contribution in [2.45, 2.75) is 45.2 Å². The molecule has 0 bridgehead atoms. The van der Waals surface area contributed by atoms with Crippen LogP contribution in [-0.2, 0) is 6.54 Å². The fourth-order valence-electron chi connectivity index (χ4n) is 4.06. The first kappa shape index (κ1) is 19.3. The van der Waals surface area contributed by atoms with Gasteiger partial charge in [-0.3, -0.25) is 4.90 Å². The molecule has 0 aliphatic carbocycles. The Kier molecular flexibility index (Phi) is 6.18. The van der Waals surface area contributed by atoms with E-state index in [-0.39, 0.29) is 0 Å². The van der Waals surface area contributed by atoms with E-state index in [2.05, 4.69) is 40.7 Å². The van der Waals surface area contributed by atoms with Crippen molar-refractivity contribution in [1.82, 2.24) is 14.5 Å². The number of nitrogens with zero attached hydrogens (tertiary/aromatic N) is 3. The zero-order valence-corrected chi connectivity index (χ0v) is 17.2. The highest BCUT2D eigenvalue weighted by molar-refractivity contribution is 6.32. The average molecular weight is 398 g/mol. The quantitative estimate of drug-likeness (QED) is 0.456. The number of rotatable bonds is 8. The van der Waals surface area contributed by atoms with E-state index < -0.39 is 0 Å². The molecule has 0 radical (unpaired) electrons. The molecule has 1 aliphatic rings. The molecule has 0 amide bonds. The molecular formula is C23H28ClN3O. The van der Waals surface area contributed by atoms with Crippen LogP contribution in [-0.4, -0.2) is 34.1 Å². The van der Waals surface area contributed by atoms with Gasteiger partial charge in [-0.25, -0.2) is 4.98 Å². The van der Waals surface area contributed by atoms with Crippen LogP contribution < -0.4 is 4.74 Å². The van der Waals surface area contributed by atoms with Gasteiger partial charge >= 0.3 is 0 Å². The fraction of sp³-hybridized carbons (Fsp3) is 0.435. The lowest BCUT2D eigenvalue weighted by molar-refractivity contribution is 0.247. The van der Waals surface area contributed by atoms with E-state index in [1.54, 1.807) is 0 Å². The number of fused-ring (bicyclic) bond motifs is 1. The molecule has 0 N–H and O–H groups in total. The predicted octanol–water partition coefficient (Wildman–Crippen LogP) is 5.71. The monoisotopic (exact) mass is 397 g/mol. The van der Waals surface area contributed by atoms with Crippen molar-refractivity contribution in [3.8, 4) is 5.75 Å². The molecule has 0 saturated carbocycles. The normalized spacial score (nSPS) is 15.9. The second-order valence-corrected chi connectivity index (χ2v) is 7.92. The molecule has 1 saturated heterocycles. The lowest BCUT2D eigenvalue weighted by Gasteiger charge is -2.24. The summed E-state index contributed by atoms with van der Waals surface area (Å²) >= 11 is 6.16. The van der Waals surface area contributed by atoms with Gasteiger partial charge in [0.25, 0.3) is 0 Å². The van der Waals surface area contributed by atoms with Crippen LogP contribution in [0, 0.1) is 0 Å². The summed E-state index contributed by atoms with van der Waals surface area (Å²) in [6.45, 7) is 6.28. The Balaban J connectivity index is 1.42. The van der Waals surface area contributed by atoms with Gasteiger partial charge < -0.3 is 9.30 Å². The molecule has 1 aliphatic heterocycles. The molecule has 4 nitrogen and oxygen atoms in total. The fourth-order valence-corrected chi connectivity index (χ4v) is 4.25. The smallest absolute Gasteiger partial charge is 0.137 e. The second kappa shape index (κ2) is 8.97. The molecule has 1 unspecified atom stereocenters. The van der Waals surface area contributed by atoms with Crippen LogP contribution in [0.1, 0.15) is 44.5 Å². The number of aryl methyl sites for hydroxylation is 1. The van der Waals surface area contributed by atoms with Crippen LogP contribution >= 0.6 is 11.6 Å². The first-order valence-electron chi connectivity index (χ1n) is 10.3. The maximum atomic E-state index is 6.16. The maximum Gasteiger partial charge on any atom is 0.137 e. The summed E-state index contributed by atoms with van der Waals surface area (Å²) in [5.41, 5.74) is 2.33. The molecule has 1 atom stereocenters. The number of hydrogen-bond acceptors (Lipinski definition) is 3. The van der Waals surface area contributed by atoms with Gasteiger partial charge in [0.1, 0.15) is 11.6 Å². The van der Waals surface area contributed by atoms with E-state index in [0.29, 0.717) is 17.7 Å². The number of halogens is 1. The van der Waals surface area contributed by atoms with Gasteiger partial charge in [-0.1, -0.05) is 35.9 Å². The first-order chi connectivity index (χ1) is 13.7. The van der Waals surface area contributed by atoms with Gasteiger partial charge in [-0.05, 0) is 70.0 Å². The summed E-state index contributed by atoms with van der Waals surface area (Å²) in [6.07, 6.45) is 4.62. The van der Waals surface area contributed by atoms with Crippen molar-refractivity contribution < 1.29 is 4.74 Å². The largest absolute Gasteiger partial charge is 0.492 e. The highest BCUT2D eigenvalue weighted by Crippen LogP contribution is 2.28. The van der Waals surface area contributed by atoms with Gasteiger partial charge in [-0.15, -0.1) is 0 Å². The molecule has 4 rings (SSSR count). The summed E-state index contributed by atoms with van der Waals surface area (Å²) in [7, 11) is 0. The minimum Gasteiger partial charge on any atom is -0.492 e.